The van der Waals surface area contributed by atoms with E-state index in [0.29, 0.717) is 19.6 Å². The maximum Gasteiger partial charge on any atom is 0.306 e. The SMILES string of the molecule is CCCCCCOC(=O)CC(C)(C)CCOC. The van der Waals surface area contributed by atoms with E-state index in [2.05, 4.69) is 20.8 Å². The lowest BCUT2D eigenvalue weighted by Crippen LogP contribution is -2.21. The second-order valence-corrected chi connectivity index (χ2v) is 5.36. The highest BCUT2D eigenvalue weighted by atomic mass is 16.5. The van der Waals surface area contributed by atoms with Crippen LogP contribution in [-0.4, -0.2) is 26.3 Å². The van der Waals surface area contributed by atoms with E-state index in [1.807, 2.05) is 0 Å². The summed E-state index contributed by atoms with van der Waals surface area (Å²) in [6.07, 6.45) is 5.92. The number of esters is 1. The fourth-order valence-corrected chi connectivity index (χ4v) is 1.62. The van der Waals surface area contributed by atoms with Crippen LogP contribution >= 0.6 is 0 Å². The minimum atomic E-state index is -0.0809. The maximum atomic E-state index is 11.6. The quantitative estimate of drug-likeness (QED) is 0.435. The van der Waals surface area contributed by atoms with Gasteiger partial charge in [0.05, 0.1) is 13.0 Å². The lowest BCUT2D eigenvalue weighted by molar-refractivity contribution is -0.146. The van der Waals surface area contributed by atoms with Crippen molar-refractivity contribution in [3.05, 3.63) is 0 Å². The van der Waals surface area contributed by atoms with Gasteiger partial charge in [0.25, 0.3) is 0 Å². The molecule has 0 aromatic rings. The Hall–Kier alpha value is -0.570. The first-order chi connectivity index (χ1) is 8.02. The molecule has 0 saturated heterocycles. The van der Waals surface area contributed by atoms with Gasteiger partial charge in [-0.2, -0.15) is 0 Å². The number of carbonyl (C=O) groups excluding carboxylic acids is 1. The molecule has 0 spiro atoms. The number of rotatable bonds is 10. The second-order valence-electron chi connectivity index (χ2n) is 5.36. The minimum Gasteiger partial charge on any atom is -0.466 e. The molecule has 0 aromatic heterocycles. The van der Waals surface area contributed by atoms with E-state index in [0.717, 1.165) is 19.3 Å². The van der Waals surface area contributed by atoms with E-state index < -0.39 is 0 Å². The summed E-state index contributed by atoms with van der Waals surface area (Å²) < 4.78 is 10.3. The third-order valence-electron chi connectivity index (χ3n) is 2.87. The highest BCUT2D eigenvalue weighted by Crippen LogP contribution is 2.25. The van der Waals surface area contributed by atoms with Gasteiger partial charge in [-0.15, -0.1) is 0 Å². The van der Waals surface area contributed by atoms with Crippen molar-refractivity contribution in [3.8, 4) is 0 Å². The first kappa shape index (κ1) is 16.4. The van der Waals surface area contributed by atoms with E-state index in [1.54, 1.807) is 7.11 Å². The third kappa shape index (κ3) is 10.3. The van der Waals surface area contributed by atoms with Gasteiger partial charge in [-0.1, -0.05) is 40.0 Å². The number of hydrogen-bond donors (Lipinski definition) is 0. The average Bonchev–Trinajstić information content (AvgIpc) is 2.25. The van der Waals surface area contributed by atoms with Crippen LogP contribution < -0.4 is 0 Å². The van der Waals surface area contributed by atoms with Gasteiger partial charge in [0.1, 0.15) is 0 Å². The molecule has 0 aliphatic rings. The first-order valence-corrected chi connectivity index (χ1v) is 6.66. The summed E-state index contributed by atoms with van der Waals surface area (Å²) in [7, 11) is 1.68. The summed E-state index contributed by atoms with van der Waals surface area (Å²) in [5.41, 5.74) is -0.0312. The Morgan fingerprint density at radius 2 is 1.82 bits per heavy atom. The number of hydrogen-bond acceptors (Lipinski definition) is 3. The van der Waals surface area contributed by atoms with E-state index >= 15 is 0 Å². The predicted octanol–water partition coefficient (Wildman–Crippen LogP) is 3.56. The standard InChI is InChI=1S/C14H28O3/c1-5-6-7-8-10-17-13(15)12-14(2,3)9-11-16-4/h5-12H2,1-4H3. The second kappa shape index (κ2) is 9.46. The Labute approximate surface area is 106 Å². The molecule has 0 unspecified atom stereocenters. The Bertz CT molecular complexity index is 200. The van der Waals surface area contributed by atoms with Gasteiger partial charge in [-0.05, 0) is 18.3 Å². The van der Waals surface area contributed by atoms with Crippen LogP contribution in [0.2, 0.25) is 0 Å². The van der Waals surface area contributed by atoms with Crippen LogP contribution in [0.3, 0.4) is 0 Å². The lowest BCUT2D eigenvalue weighted by atomic mass is 9.86. The molecule has 17 heavy (non-hydrogen) atoms. The minimum absolute atomic E-state index is 0.0312. The number of ether oxygens (including phenoxy) is 2. The van der Waals surface area contributed by atoms with Gasteiger partial charge < -0.3 is 9.47 Å². The average molecular weight is 244 g/mol. The van der Waals surface area contributed by atoms with Crippen LogP contribution in [0.15, 0.2) is 0 Å². The molecule has 3 heteroatoms. The summed E-state index contributed by atoms with van der Waals surface area (Å²) in [5, 5.41) is 0. The predicted molar refractivity (Wildman–Crippen MR) is 70.0 cm³/mol. The molecule has 0 saturated carbocycles. The molecule has 3 nitrogen and oxygen atoms in total. The normalized spacial score (nSPS) is 11.5. The maximum absolute atomic E-state index is 11.6. The molecular weight excluding hydrogens is 216 g/mol. The molecule has 0 heterocycles. The Balaban J connectivity index is 3.62. The largest absolute Gasteiger partial charge is 0.466 e. The Morgan fingerprint density at radius 1 is 1.12 bits per heavy atom. The van der Waals surface area contributed by atoms with Crippen molar-refractivity contribution in [2.24, 2.45) is 5.41 Å². The molecule has 0 aliphatic heterocycles. The van der Waals surface area contributed by atoms with Crippen molar-refractivity contribution < 1.29 is 14.3 Å². The van der Waals surface area contributed by atoms with Crippen LogP contribution in [-0.2, 0) is 14.3 Å². The number of carbonyl (C=O) groups is 1. The molecule has 0 aromatic carbocycles. The fraction of sp³-hybridized carbons (Fsp3) is 0.929. The van der Waals surface area contributed by atoms with Crippen LogP contribution in [0.5, 0.6) is 0 Å². The highest BCUT2D eigenvalue weighted by molar-refractivity contribution is 5.70. The van der Waals surface area contributed by atoms with Crippen molar-refractivity contribution in [1.82, 2.24) is 0 Å². The fourth-order valence-electron chi connectivity index (χ4n) is 1.62. The third-order valence-corrected chi connectivity index (χ3v) is 2.87. The molecule has 0 atom stereocenters. The summed E-state index contributed by atoms with van der Waals surface area (Å²) in [5.74, 6) is -0.0809. The molecule has 0 aliphatic carbocycles. The van der Waals surface area contributed by atoms with Crippen LogP contribution in [0.4, 0.5) is 0 Å². The van der Waals surface area contributed by atoms with E-state index in [-0.39, 0.29) is 11.4 Å². The van der Waals surface area contributed by atoms with Crippen LogP contribution in [0.25, 0.3) is 0 Å². The molecule has 0 rings (SSSR count). The van der Waals surface area contributed by atoms with Crippen molar-refractivity contribution in [2.45, 2.75) is 59.3 Å². The zero-order chi connectivity index (χ0) is 13.1. The number of methoxy groups -OCH3 is 1. The van der Waals surface area contributed by atoms with Gasteiger partial charge in [0.15, 0.2) is 0 Å². The molecule has 0 N–H and O–H groups in total. The van der Waals surface area contributed by atoms with Crippen molar-refractivity contribution in [3.63, 3.8) is 0 Å². The lowest BCUT2D eigenvalue weighted by Gasteiger charge is -2.22. The van der Waals surface area contributed by atoms with Gasteiger partial charge in [0.2, 0.25) is 0 Å². The van der Waals surface area contributed by atoms with Crippen LogP contribution in [0, 0.1) is 5.41 Å². The monoisotopic (exact) mass is 244 g/mol. The number of unbranched alkanes of at least 4 members (excludes halogenated alkanes) is 3. The molecule has 0 radical (unpaired) electrons. The van der Waals surface area contributed by atoms with E-state index in [4.69, 9.17) is 9.47 Å². The summed E-state index contributed by atoms with van der Waals surface area (Å²) in [6.45, 7) is 7.58. The zero-order valence-electron chi connectivity index (χ0n) is 11.9. The van der Waals surface area contributed by atoms with Gasteiger partial charge >= 0.3 is 5.97 Å². The molecule has 0 amide bonds. The van der Waals surface area contributed by atoms with Crippen LogP contribution in [0.1, 0.15) is 59.3 Å². The molecular formula is C14H28O3. The Kier molecular flexibility index (Phi) is 9.14. The van der Waals surface area contributed by atoms with Gasteiger partial charge in [-0.3, -0.25) is 4.79 Å². The first-order valence-electron chi connectivity index (χ1n) is 6.66. The molecule has 0 fully saturated rings. The molecule has 102 valence electrons. The summed E-state index contributed by atoms with van der Waals surface area (Å²) in [4.78, 5) is 11.6. The van der Waals surface area contributed by atoms with E-state index in [9.17, 15) is 4.79 Å². The zero-order valence-corrected chi connectivity index (χ0v) is 11.9. The van der Waals surface area contributed by atoms with Gasteiger partial charge in [0, 0.05) is 13.7 Å². The van der Waals surface area contributed by atoms with Gasteiger partial charge in [-0.25, -0.2) is 0 Å². The summed E-state index contributed by atoms with van der Waals surface area (Å²) in [6, 6.07) is 0. The highest BCUT2D eigenvalue weighted by Gasteiger charge is 2.22. The smallest absolute Gasteiger partial charge is 0.306 e. The topological polar surface area (TPSA) is 35.5 Å². The Morgan fingerprint density at radius 3 is 2.41 bits per heavy atom. The van der Waals surface area contributed by atoms with Crippen molar-refractivity contribution in [1.29, 1.82) is 0 Å². The van der Waals surface area contributed by atoms with E-state index in [1.165, 1.54) is 12.8 Å². The van der Waals surface area contributed by atoms with Crippen molar-refractivity contribution in [2.75, 3.05) is 20.3 Å². The van der Waals surface area contributed by atoms with Crippen molar-refractivity contribution >= 4 is 5.97 Å². The summed E-state index contributed by atoms with van der Waals surface area (Å²) >= 11 is 0. The molecule has 0 bridgehead atoms.